The number of aromatic nitrogens is 1. The van der Waals surface area contributed by atoms with E-state index in [9.17, 15) is 13.2 Å². The van der Waals surface area contributed by atoms with E-state index in [0.717, 1.165) is 0 Å². The summed E-state index contributed by atoms with van der Waals surface area (Å²) in [5.41, 5.74) is 0. The van der Waals surface area contributed by atoms with Gasteiger partial charge >= 0.3 is 5.97 Å². The predicted octanol–water partition coefficient (Wildman–Crippen LogP) is 0.349. The van der Waals surface area contributed by atoms with Gasteiger partial charge in [0.05, 0.1) is 4.90 Å². The van der Waals surface area contributed by atoms with Gasteiger partial charge in [-0.3, -0.25) is 4.98 Å². The van der Waals surface area contributed by atoms with Crippen molar-refractivity contribution in [1.29, 1.82) is 0 Å². The highest BCUT2D eigenvalue weighted by atomic mass is 32.2. The van der Waals surface area contributed by atoms with Crippen LogP contribution in [0.1, 0.15) is 6.42 Å². The molecule has 112 valence electrons. The third-order valence-electron chi connectivity index (χ3n) is 2.93. The second kappa shape index (κ2) is 6.17. The second-order valence-electron chi connectivity index (χ2n) is 4.39. The minimum Gasteiger partial charge on any atom is -0.479 e. The Morgan fingerprint density at radius 3 is 2.81 bits per heavy atom. The Labute approximate surface area is 121 Å². The minimum atomic E-state index is -3.79. The van der Waals surface area contributed by atoms with E-state index >= 15 is 0 Å². The van der Waals surface area contributed by atoms with Gasteiger partial charge in [-0.2, -0.15) is 0 Å². The Bertz CT molecular complexity index is 755. The van der Waals surface area contributed by atoms with E-state index in [4.69, 9.17) is 10.2 Å². The van der Waals surface area contributed by atoms with Crippen molar-refractivity contribution in [1.82, 2.24) is 9.71 Å². The first-order valence-corrected chi connectivity index (χ1v) is 7.63. The number of nitrogens with one attached hydrogen (secondary N) is 1. The van der Waals surface area contributed by atoms with Crippen molar-refractivity contribution >= 4 is 26.8 Å². The first-order chi connectivity index (χ1) is 9.92. The fraction of sp³-hybridized carbons (Fsp3) is 0.231. The molecular weight excluding hydrogens is 296 g/mol. The SMILES string of the molecule is O=C(O)[C@@H](O)CCNS(=O)(=O)c1cccc2cnccc12. The van der Waals surface area contributed by atoms with Crippen molar-refractivity contribution < 1.29 is 23.4 Å². The maximum atomic E-state index is 12.2. The summed E-state index contributed by atoms with van der Waals surface area (Å²) < 4.78 is 26.8. The third-order valence-corrected chi connectivity index (χ3v) is 4.44. The largest absolute Gasteiger partial charge is 0.479 e. The Morgan fingerprint density at radius 1 is 1.33 bits per heavy atom. The highest BCUT2D eigenvalue weighted by Crippen LogP contribution is 2.21. The van der Waals surface area contributed by atoms with Gasteiger partial charge in [0.2, 0.25) is 10.0 Å². The molecule has 0 aliphatic heterocycles. The molecule has 0 spiro atoms. The summed E-state index contributed by atoms with van der Waals surface area (Å²) in [5.74, 6) is -1.38. The quantitative estimate of drug-likeness (QED) is 0.709. The van der Waals surface area contributed by atoms with Crippen LogP contribution < -0.4 is 4.72 Å². The lowest BCUT2D eigenvalue weighted by Gasteiger charge is -2.10. The number of rotatable bonds is 6. The highest BCUT2D eigenvalue weighted by Gasteiger charge is 2.19. The Balaban J connectivity index is 2.20. The van der Waals surface area contributed by atoms with E-state index in [1.807, 2.05) is 0 Å². The average Bonchev–Trinajstić information content (AvgIpc) is 2.46. The van der Waals surface area contributed by atoms with Crippen molar-refractivity contribution in [3.05, 3.63) is 36.7 Å². The summed E-state index contributed by atoms with van der Waals surface area (Å²) in [4.78, 5) is 14.5. The molecule has 0 amide bonds. The van der Waals surface area contributed by atoms with Crippen LogP contribution in [0.5, 0.6) is 0 Å². The summed E-state index contributed by atoms with van der Waals surface area (Å²) in [7, 11) is -3.79. The molecule has 1 aromatic carbocycles. The van der Waals surface area contributed by atoms with Crippen LogP contribution in [0, 0.1) is 0 Å². The number of fused-ring (bicyclic) bond motifs is 1. The standard InChI is InChI=1S/C13H14N2O5S/c16-11(13(17)18)5-7-15-21(19,20)12-3-1-2-9-8-14-6-4-10(9)12/h1-4,6,8,11,15-16H,5,7H2,(H,17,18)/t11-/m0/s1. The first kappa shape index (κ1) is 15.4. The molecule has 7 nitrogen and oxygen atoms in total. The zero-order valence-corrected chi connectivity index (χ0v) is 11.7. The number of aliphatic hydroxyl groups excluding tert-OH is 1. The molecule has 1 atom stereocenters. The molecule has 1 aromatic heterocycles. The van der Waals surface area contributed by atoms with Crippen LogP contribution in [-0.4, -0.2) is 42.2 Å². The zero-order chi connectivity index (χ0) is 15.5. The fourth-order valence-electron chi connectivity index (χ4n) is 1.86. The molecule has 0 saturated heterocycles. The van der Waals surface area contributed by atoms with Crippen LogP contribution in [0.3, 0.4) is 0 Å². The van der Waals surface area contributed by atoms with Gasteiger partial charge in [0.1, 0.15) is 0 Å². The minimum absolute atomic E-state index is 0.0900. The van der Waals surface area contributed by atoms with Crippen molar-refractivity contribution in [2.75, 3.05) is 6.54 Å². The monoisotopic (exact) mass is 310 g/mol. The summed E-state index contributed by atoms with van der Waals surface area (Å²) >= 11 is 0. The van der Waals surface area contributed by atoms with Gasteiger partial charge in [0.15, 0.2) is 6.10 Å². The van der Waals surface area contributed by atoms with Gasteiger partial charge < -0.3 is 10.2 Å². The zero-order valence-electron chi connectivity index (χ0n) is 10.9. The van der Waals surface area contributed by atoms with Crippen molar-refractivity contribution in [3.8, 4) is 0 Å². The Kier molecular flexibility index (Phi) is 4.51. The number of nitrogens with zero attached hydrogens (tertiary/aromatic N) is 1. The van der Waals surface area contributed by atoms with Crippen LogP contribution in [0.2, 0.25) is 0 Å². The Hall–Kier alpha value is -2.03. The lowest BCUT2D eigenvalue weighted by molar-refractivity contribution is -0.146. The third kappa shape index (κ3) is 3.54. The number of pyridine rings is 1. The predicted molar refractivity (Wildman–Crippen MR) is 75.2 cm³/mol. The van der Waals surface area contributed by atoms with Gasteiger partial charge in [0, 0.05) is 29.7 Å². The van der Waals surface area contributed by atoms with Gasteiger partial charge in [-0.25, -0.2) is 17.9 Å². The van der Waals surface area contributed by atoms with Gasteiger partial charge in [0.25, 0.3) is 0 Å². The average molecular weight is 310 g/mol. The molecule has 3 N–H and O–H groups in total. The molecule has 2 rings (SSSR count). The van der Waals surface area contributed by atoms with Crippen LogP contribution in [0.15, 0.2) is 41.6 Å². The molecule has 0 fully saturated rings. The molecular formula is C13H14N2O5S. The number of sulfonamides is 1. The number of carbonyl (C=O) groups is 1. The first-order valence-electron chi connectivity index (χ1n) is 6.15. The van der Waals surface area contributed by atoms with Gasteiger partial charge in [-0.05, 0) is 18.6 Å². The van der Waals surface area contributed by atoms with E-state index in [1.165, 1.54) is 12.3 Å². The summed E-state index contributed by atoms with van der Waals surface area (Å²) in [6, 6.07) is 6.40. The topological polar surface area (TPSA) is 117 Å². The van der Waals surface area contributed by atoms with E-state index in [2.05, 4.69) is 9.71 Å². The van der Waals surface area contributed by atoms with Crippen LogP contribution in [0.4, 0.5) is 0 Å². The summed E-state index contributed by atoms with van der Waals surface area (Å²) in [6.07, 6.45) is 1.25. The molecule has 0 unspecified atom stereocenters. The van der Waals surface area contributed by atoms with E-state index in [-0.39, 0.29) is 17.9 Å². The molecule has 8 heteroatoms. The smallest absolute Gasteiger partial charge is 0.332 e. The second-order valence-corrected chi connectivity index (χ2v) is 6.13. The van der Waals surface area contributed by atoms with Gasteiger partial charge in [-0.1, -0.05) is 12.1 Å². The number of aliphatic hydroxyl groups is 1. The fourth-order valence-corrected chi connectivity index (χ4v) is 3.13. The highest BCUT2D eigenvalue weighted by molar-refractivity contribution is 7.89. The van der Waals surface area contributed by atoms with Crippen LogP contribution in [0.25, 0.3) is 10.8 Å². The number of carboxylic acids is 1. The number of aliphatic carboxylic acids is 1. The molecule has 2 aromatic rings. The van der Waals surface area contributed by atoms with Crippen molar-refractivity contribution in [3.63, 3.8) is 0 Å². The Morgan fingerprint density at radius 2 is 2.10 bits per heavy atom. The lowest BCUT2D eigenvalue weighted by Crippen LogP contribution is -2.30. The van der Waals surface area contributed by atoms with Gasteiger partial charge in [-0.15, -0.1) is 0 Å². The van der Waals surface area contributed by atoms with E-state index in [0.29, 0.717) is 10.8 Å². The molecule has 21 heavy (non-hydrogen) atoms. The number of benzene rings is 1. The molecule has 0 aliphatic carbocycles. The molecule has 0 saturated carbocycles. The number of hydrogen-bond acceptors (Lipinski definition) is 5. The maximum absolute atomic E-state index is 12.2. The van der Waals surface area contributed by atoms with Crippen LogP contribution >= 0.6 is 0 Å². The molecule has 1 heterocycles. The molecule has 0 bridgehead atoms. The van der Waals surface area contributed by atoms with E-state index in [1.54, 1.807) is 24.4 Å². The number of carboxylic acid groups (broad SMARTS) is 1. The van der Waals surface area contributed by atoms with Crippen molar-refractivity contribution in [2.24, 2.45) is 0 Å². The molecule has 0 aliphatic rings. The van der Waals surface area contributed by atoms with Crippen molar-refractivity contribution in [2.45, 2.75) is 17.4 Å². The molecule has 0 radical (unpaired) electrons. The van der Waals surface area contributed by atoms with Crippen LogP contribution in [-0.2, 0) is 14.8 Å². The lowest BCUT2D eigenvalue weighted by atomic mass is 10.2. The maximum Gasteiger partial charge on any atom is 0.332 e. The normalized spacial score (nSPS) is 13.2. The number of hydrogen-bond donors (Lipinski definition) is 3. The summed E-state index contributed by atoms with van der Waals surface area (Å²) in [5, 5.41) is 18.9. The van der Waals surface area contributed by atoms with E-state index < -0.39 is 22.1 Å². The summed E-state index contributed by atoms with van der Waals surface area (Å²) in [6.45, 7) is -0.169.